The predicted octanol–water partition coefficient (Wildman–Crippen LogP) is 2.59. The number of carbonyl (C=O) groups is 1. The van der Waals surface area contributed by atoms with Crippen molar-refractivity contribution in [2.24, 2.45) is 0 Å². The van der Waals surface area contributed by atoms with E-state index in [9.17, 15) is 9.90 Å². The Balaban J connectivity index is 2.43. The van der Waals surface area contributed by atoms with Crippen molar-refractivity contribution in [1.82, 2.24) is 5.32 Å². The van der Waals surface area contributed by atoms with E-state index in [2.05, 4.69) is 5.32 Å². The molecule has 0 heterocycles. The molecule has 2 N–H and O–H groups in total. The monoisotopic (exact) mass is 243 g/mol. The third-order valence-electron chi connectivity index (χ3n) is 2.93. The first-order valence-electron chi connectivity index (χ1n) is 6.56. The SMILES string of the molecule is CC(C)(C)OC(=O)N[C@H]1CCCCCC[C@@H]1O. The zero-order chi connectivity index (χ0) is 12.9. The van der Waals surface area contributed by atoms with Crippen molar-refractivity contribution in [3.05, 3.63) is 0 Å². The second kappa shape index (κ2) is 6.24. The summed E-state index contributed by atoms with van der Waals surface area (Å²) in [6, 6.07) is -0.162. The van der Waals surface area contributed by atoms with Crippen LogP contribution in [0.1, 0.15) is 59.3 Å². The number of rotatable bonds is 1. The molecule has 4 heteroatoms. The van der Waals surface area contributed by atoms with Crippen LogP contribution in [0.5, 0.6) is 0 Å². The molecule has 2 atom stereocenters. The summed E-state index contributed by atoms with van der Waals surface area (Å²) in [7, 11) is 0. The van der Waals surface area contributed by atoms with Gasteiger partial charge in [0.05, 0.1) is 12.1 Å². The van der Waals surface area contributed by atoms with Crippen LogP contribution in [0.3, 0.4) is 0 Å². The highest BCUT2D eigenvalue weighted by Gasteiger charge is 2.24. The molecule has 1 aliphatic carbocycles. The van der Waals surface area contributed by atoms with Gasteiger partial charge in [0.1, 0.15) is 5.60 Å². The van der Waals surface area contributed by atoms with Gasteiger partial charge in [0.2, 0.25) is 0 Å². The molecule has 1 rings (SSSR count). The molecule has 0 radical (unpaired) electrons. The van der Waals surface area contributed by atoms with Gasteiger partial charge in [0.25, 0.3) is 0 Å². The van der Waals surface area contributed by atoms with Crippen LogP contribution in [0.15, 0.2) is 0 Å². The van der Waals surface area contributed by atoms with Crippen molar-refractivity contribution in [3.63, 3.8) is 0 Å². The number of hydrogen-bond donors (Lipinski definition) is 2. The number of aliphatic hydroxyl groups excluding tert-OH is 1. The molecule has 0 aromatic rings. The molecule has 4 nitrogen and oxygen atoms in total. The average Bonchev–Trinajstić information content (AvgIpc) is 2.15. The predicted molar refractivity (Wildman–Crippen MR) is 66.9 cm³/mol. The maximum atomic E-state index is 11.6. The first-order chi connectivity index (χ1) is 7.88. The molecule has 0 bridgehead atoms. The highest BCUT2D eigenvalue weighted by atomic mass is 16.6. The van der Waals surface area contributed by atoms with Gasteiger partial charge < -0.3 is 15.2 Å². The zero-order valence-corrected chi connectivity index (χ0v) is 11.2. The summed E-state index contributed by atoms with van der Waals surface area (Å²) in [5.41, 5.74) is -0.489. The molecule has 1 aliphatic rings. The molecule has 100 valence electrons. The fraction of sp³-hybridized carbons (Fsp3) is 0.923. The zero-order valence-electron chi connectivity index (χ0n) is 11.2. The van der Waals surface area contributed by atoms with Crippen LogP contribution >= 0.6 is 0 Å². The van der Waals surface area contributed by atoms with E-state index in [0.717, 1.165) is 25.7 Å². The lowest BCUT2D eigenvalue weighted by Gasteiger charge is -2.28. The highest BCUT2D eigenvalue weighted by molar-refractivity contribution is 5.68. The van der Waals surface area contributed by atoms with E-state index in [4.69, 9.17) is 4.74 Å². The normalized spacial score (nSPS) is 26.8. The van der Waals surface area contributed by atoms with E-state index in [-0.39, 0.29) is 6.04 Å². The Morgan fingerprint density at radius 3 is 2.35 bits per heavy atom. The van der Waals surface area contributed by atoms with Gasteiger partial charge >= 0.3 is 6.09 Å². The molecule has 17 heavy (non-hydrogen) atoms. The first-order valence-corrected chi connectivity index (χ1v) is 6.56. The molecule has 0 aromatic heterocycles. The van der Waals surface area contributed by atoms with Gasteiger partial charge in [-0.25, -0.2) is 4.79 Å². The lowest BCUT2D eigenvalue weighted by atomic mass is 9.94. The Morgan fingerprint density at radius 2 is 1.76 bits per heavy atom. The number of aliphatic hydroxyl groups is 1. The molecule has 1 amide bonds. The van der Waals surface area contributed by atoms with Crippen LogP contribution in [-0.4, -0.2) is 28.9 Å². The Hall–Kier alpha value is -0.770. The van der Waals surface area contributed by atoms with Crippen LogP contribution in [-0.2, 0) is 4.74 Å². The van der Waals surface area contributed by atoms with Crippen molar-refractivity contribution in [2.45, 2.75) is 77.0 Å². The second-order valence-corrected chi connectivity index (χ2v) is 5.81. The number of hydrogen-bond acceptors (Lipinski definition) is 3. The van der Waals surface area contributed by atoms with Crippen molar-refractivity contribution >= 4 is 6.09 Å². The third-order valence-corrected chi connectivity index (χ3v) is 2.93. The van der Waals surface area contributed by atoms with E-state index in [1.165, 1.54) is 12.8 Å². The van der Waals surface area contributed by atoms with Gasteiger partial charge in [-0.3, -0.25) is 0 Å². The molecule has 0 unspecified atom stereocenters. The molecular formula is C13H25NO3. The molecule has 0 saturated heterocycles. The van der Waals surface area contributed by atoms with Gasteiger partial charge in [0.15, 0.2) is 0 Å². The molecular weight excluding hydrogens is 218 g/mol. The van der Waals surface area contributed by atoms with Crippen LogP contribution in [0.4, 0.5) is 4.79 Å². The summed E-state index contributed by atoms with van der Waals surface area (Å²) in [4.78, 5) is 11.6. The molecule has 1 saturated carbocycles. The molecule has 0 spiro atoms. The Labute approximate surface area is 104 Å². The largest absolute Gasteiger partial charge is 0.444 e. The van der Waals surface area contributed by atoms with Crippen LogP contribution in [0.25, 0.3) is 0 Å². The third kappa shape index (κ3) is 5.91. The number of carbonyl (C=O) groups excluding carboxylic acids is 1. The summed E-state index contributed by atoms with van der Waals surface area (Å²) < 4.78 is 5.20. The van der Waals surface area contributed by atoms with Crippen molar-refractivity contribution < 1.29 is 14.6 Å². The number of nitrogens with one attached hydrogen (secondary N) is 1. The minimum Gasteiger partial charge on any atom is -0.444 e. The van der Waals surface area contributed by atoms with E-state index < -0.39 is 17.8 Å². The Bertz CT molecular complexity index is 248. The van der Waals surface area contributed by atoms with Gasteiger partial charge in [-0.2, -0.15) is 0 Å². The molecule has 0 aromatic carbocycles. The van der Waals surface area contributed by atoms with E-state index in [1.807, 2.05) is 20.8 Å². The Kier molecular flexibility index (Phi) is 5.25. The quantitative estimate of drug-likeness (QED) is 0.744. The lowest BCUT2D eigenvalue weighted by Crippen LogP contribution is -2.45. The van der Waals surface area contributed by atoms with E-state index in [1.54, 1.807) is 0 Å². The fourth-order valence-electron chi connectivity index (χ4n) is 2.09. The maximum absolute atomic E-state index is 11.6. The minimum absolute atomic E-state index is 0.162. The smallest absolute Gasteiger partial charge is 0.407 e. The lowest BCUT2D eigenvalue weighted by molar-refractivity contribution is 0.0391. The molecule has 0 aliphatic heterocycles. The highest BCUT2D eigenvalue weighted by Crippen LogP contribution is 2.18. The van der Waals surface area contributed by atoms with Crippen LogP contribution < -0.4 is 5.32 Å². The van der Waals surface area contributed by atoms with Gasteiger partial charge in [0, 0.05) is 0 Å². The van der Waals surface area contributed by atoms with E-state index in [0.29, 0.717) is 0 Å². The standard InChI is InChI=1S/C13H25NO3/c1-13(2,3)17-12(16)14-10-8-6-4-5-7-9-11(10)15/h10-11,15H,4-9H2,1-3H3,(H,14,16)/t10-,11-/m0/s1. The van der Waals surface area contributed by atoms with E-state index >= 15 is 0 Å². The van der Waals surface area contributed by atoms with Crippen molar-refractivity contribution in [3.8, 4) is 0 Å². The minimum atomic E-state index is -0.489. The number of ether oxygens (including phenoxy) is 1. The average molecular weight is 243 g/mol. The topological polar surface area (TPSA) is 58.6 Å². The van der Waals surface area contributed by atoms with Gasteiger partial charge in [-0.15, -0.1) is 0 Å². The summed E-state index contributed by atoms with van der Waals surface area (Å²) in [5.74, 6) is 0. The van der Waals surface area contributed by atoms with Crippen molar-refractivity contribution in [2.75, 3.05) is 0 Å². The Morgan fingerprint density at radius 1 is 1.18 bits per heavy atom. The van der Waals surface area contributed by atoms with Gasteiger partial charge in [-0.1, -0.05) is 25.7 Å². The number of amides is 1. The summed E-state index contributed by atoms with van der Waals surface area (Å²) >= 11 is 0. The summed E-state index contributed by atoms with van der Waals surface area (Å²) in [6.07, 6.45) is 5.17. The second-order valence-electron chi connectivity index (χ2n) is 5.81. The molecule has 1 fully saturated rings. The van der Waals surface area contributed by atoms with Crippen LogP contribution in [0, 0.1) is 0 Å². The summed E-state index contributed by atoms with van der Waals surface area (Å²) in [5, 5.41) is 12.7. The summed E-state index contributed by atoms with van der Waals surface area (Å²) in [6.45, 7) is 5.50. The first kappa shape index (κ1) is 14.3. The number of alkyl carbamates (subject to hydrolysis) is 1. The van der Waals surface area contributed by atoms with Crippen LogP contribution in [0.2, 0.25) is 0 Å². The maximum Gasteiger partial charge on any atom is 0.407 e. The fourth-order valence-corrected chi connectivity index (χ4v) is 2.09. The van der Waals surface area contributed by atoms with Crippen molar-refractivity contribution in [1.29, 1.82) is 0 Å². The van der Waals surface area contributed by atoms with Gasteiger partial charge in [-0.05, 0) is 33.6 Å².